The van der Waals surface area contributed by atoms with Gasteiger partial charge in [-0.3, -0.25) is 9.78 Å². The van der Waals surface area contributed by atoms with Gasteiger partial charge in [-0.2, -0.15) is 5.10 Å². The van der Waals surface area contributed by atoms with E-state index in [0.717, 1.165) is 39.5 Å². The molecule has 33 heavy (non-hydrogen) atoms. The molecule has 0 saturated heterocycles. The maximum absolute atomic E-state index is 12.4. The van der Waals surface area contributed by atoms with Crippen molar-refractivity contribution < 1.29 is 14.3 Å². The highest BCUT2D eigenvalue weighted by molar-refractivity contribution is 5.76. The summed E-state index contributed by atoms with van der Waals surface area (Å²) in [4.78, 5) is 21.3. The summed E-state index contributed by atoms with van der Waals surface area (Å²) in [5.41, 5.74) is 6.08. The van der Waals surface area contributed by atoms with Gasteiger partial charge in [0.05, 0.1) is 32.2 Å². The maximum Gasteiger partial charge on any atom is 0.220 e. The molecule has 3 aromatic heterocycles. The third-order valence-electron chi connectivity index (χ3n) is 5.64. The topological polar surface area (TPSA) is 90.6 Å². The van der Waals surface area contributed by atoms with Crippen molar-refractivity contribution in [2.75, 3.05) is 14.2 Å². The van der Waals surface area contributed by atoms with Crippen LogP contribution in [-0.2, 0) is 17.8 Å². The molecule has 0 atom stereocenters. The number of hydrogen-bond acceptors (Lipinski definition) is 6. The van der Waals surface area contributed by atoms with E-state index in [9.17, 15) is 4.79 Å². The van der Waals surface area contributed by atoms with Gasteiger partial charge < -0.3 is 14.8 Å². The molecule has 0 aliphatic heterocycles. The molecule has 8 heteroatoms. The fourth-order valence-corrected chi connectivity index (χ4v) is 3.85. The Morgan fingerprint density at radius 2 is 1.94 bits per heavy atom. The van der Waals surface area contributed by atoms with E-state index in [4.69, 9.17) is 19.6 Å². The van der Waals surface area contributed by atoms with E-state index >= 15 is 0 Å². The first-order valence-corrected chi connectivity index (χ1v) is 10.7. The Balaban J connectivity index is 1.54. The molecule has 0 bridgehead atoms. The van der Waals surface area contributed by atoms with Gasteiger partial charge in [0.2, 0.25) is 5.91 Å². The lowest BCUT2D eigenvalue weighted by molar-refractivity contribution is -0.121. The lowest BCUT2D eigenvalue weighted by Gasteiger charge is -2.11. The number of hydrogen-bond donors (Lipinski definition) is 1. The van der Waals surface area contributed by atoms with E-state index in [1.807, 2.05) is 60.8 Å². The van der Waals surface area contributed by atoms with Crippen LogP contribution in [0, 0.1) is 13.8 Å². The molecule has 170 valence electrons. The van der Waals surface area contributed by atoms with E-state index in [1.165, 1.54) is 0 Å². The molecule has 0 radical (unpaired) electrons. The molecule has 0 fully saturated rings. The molecule has 4 aromatic rings. The summed E-state index contributed by atoms with van der Waals surface area (Å²) in [7, 11) is 3.24. The molecule has 3 heterocycles. The number of amides is 1. The first-order chi connectivity index (χ1) is 16.0. The van der Waals surface area contributed by atoms with Gasteiger partial charge in [0.1, 0.15) is 11.5 Å². The van der Waals surface area contributed by atoms with Crippen molar-refractivity contribution in [2.24, 2.45) is 0 Å². The van der Waals surface area contributed by atoms with Crippen LogP contribution in [0.4, 0.5) is 0 Å². The Morgan fingerprint density at radius 3 is 2.67 bits per heavy atom. The number of nitrogens with zero attached hydrogens (tertiary/aromatic N) is 4. The lowest BCUT2D eigenvalue weighted by Crippen LogP contribution is -2.23. The summed E-state index contributed by atoms with van der Waals surface area (Å²) in [5, 5.41) is 7.70. The second kappa shape index (κ2) is 9.68. The van der Waals surface area contributed by atoms with E-state index in [1.54, 1.807) is 20.4 Å². The number of pyridine rings is 1. The third-order valence-corrected chi connectivity index (χ3v) is 5.64. The maximum atomic E-state index is 12.4. The van der Waals surface area contributed by atoms with E-state index in [2.05, 4.69) is 10.3 Å². The van der Waals surface area contributed by atoms with Crippen molar-refractivity contribution >= 4 is 11.6 Å². The Labute approximate surface area is 192 Å². The fraction of sp³-hybridized carbons (Fsp3) is 0.280. The van der Waals surface area contributed by atoms with Gasteiger partial charge in [0.15, 0.2) is 5.65 Å². The van der Waals surface area contributed by atoms with Crippen molar-refractivity contribution in [2.45, 2.75) is 33.2 Å². The van der Waals surface area contributed by atoms with Crippen molar-refractivity contribution in [3.8, 4) is 22.8 Å². The summed E-state index contributed by atoms with van der Waals surface area (Å²) in [6.07, 6.45) is 2.66. The van der Waals surface area contributed by atoms with Gasteiger partial charge in [-0.15, -0.1) is 0 Å². The van der Waals surface area contributed by atoms with Gasteiger partial charge in [-0.25, -0.2) is 9.50 Å². The highest BCUT2D eigenvalue weighted by Gasteiger charge is 2.16. The number of ether oxygens (including phenoxy) is 2. The van der Waals surface area contributed by atoms with Gasteiger partial charge in [-0.1, -0.05) is 6.07 Å². The van der Waals surface area contributed by atoms with E-state index in [-0.39, 0.29) is 5.91 Å². The summed E-state index contributed by atoms with van der Waals surface area (Å²) in [6, 6.07) is 13.2. The zero-order valence-corrected chi connectivity index (χ0v) is 19.3. The van der Waals surface area contributed by atoms with Gasteiger partial charge in [-0.05, 0) is 50.1 Å². The quantitative estimate of drug-likeness (QED) is 0.445. The second-order valence-corrected chi connectivity index (χ2v) is 7.72. The van der Waals surface area contributed by atoms with Crippen LogP contribution in [0.25, 0.3) is 16.9 Å². The third kappa shape index (κ3) is 4.79. The van der Waals surface area contributed by atoms with Crippen LogP contribution in [0.15, 0.2) is 48.7 Å². The van der Waals surface area contributed by atoms with Crippen LogP contribution in [0.2, 0.25) is 0 Å². The van der Waals surface area contributed by atoms with Crippen LogP contribution < -0.4 is 14.8 Å². The standard InChI is InChI=1S/C25H27N5O3/c1-16-20(10-11-25(31)27-15-18-7-5-6-12-26-18)17(2)30-24(28-16)14-22(29-30)21-9-8-19(32-3)13-23(21)33-4/h5-9,12-14H,10-11,15H2,1-4H3,(H,27,31). The number of carbonyl (C=O) groups excluding carboxylic acids is 1. The molecule has 1 N–H and O–H groups in total. The predicted molar refractivity (Wildman–Crippen MR) is 125 cm³/mol. The van der Waals surface area contributed by atoms with Crippen LogP contribution in [0.3, 0.4) is 0 Å². The number of aryl methyl sites for hydroxylation is 2. The van der Waals surface area contributed by atoms with Crippen molar-refractivity contribution in [1.82, 2.24) is 24.9 Å². The zero-order valence-electron chi connectivity index (χ0n) is 19.3. The molecule has 0 saturated carbocycles. The number of methoxy groups -OCH3 is 2. The minimum Gasteiger partial charge on any atom is -0.497 e. The van der Waals surface area contributed by atoms with Gasteiger partial charge in [0, 0.05) is 41.7 Å². The van der Waals surface area contributed by atoms with Crippen molar-refractivity contribution in [1.29, 1.82) is 0 Å². The Bertz CT molecular complexity index is 1280. The summed E-state index contributed by atoms with van der Waals surface area (Å²) >= 11 is 0. The Hall–Kier alpha value is -3.94. The minimum absolute atomic E-state index is 0.0244. The van der Waals surface area contributed by atoms with E-state index in [0.29, 0.717) is 30.9 Å². The van der Waals surface area contributed by atoms with Crippen LogP contribution in [0.1, 0.15) is 29.1 Å². The normalized spacial score (nSPS) is 10.9. The number of benzene rings is 1. The molecule has 0 spiro atoms. The first kappa shape index (κ1) is 22.3. The zero-order chi connectivity index (χ0) is 23.4. The average Bonchev–Trinajstić information content (AvgIpc) is 3.26. The summed E-state index contributed by atoms with van der Waals surface area (Å²) in [5.74, 6) is 1.37. The largest absolute Gasteiger partial charge is 0.497 e. The number of aromatic nitrogens is 4. The molecule has 4 rings (SSSR count). The molecule has 1 amide bonds. The second-order valence-electron chi connectivity index (χ2n) is 7.72. The molecular formula is C25H27N5O3. The van der Waals surface area contributed by atoms with E-state index < -0.39 is 0 Å². The van der Waals surface area contributed by atoms with Crippen molar-refractivity contribution in [3.05, 3.63) is 71.3 Å². The lowest BCUT2D eigenvalue weighted by atomic mass is 10.1. The smallest absolute Gasteiger partial charge is 0.220 e. The summed E-state index contributed by atoms with van der Waals surface area (Å²) < 4.78 is 12.7. The molecule has 1 aromatic carbocycles. The molecule has 0 unspecified atom stereocenters. The molecule has 0 aliphatic rings. The highest BCUT2D eigenvalue weighted by Crippen LogP contribution is 2.33. The van der Waals surface area contributed by atoms with Gasteiger partial charge >= 0.3 is 0 Å². The summed E-state index contributed by atoms with van der Waals surface area (Å²) in [6.45, 7) is 4.39. The van der Waals surface area contributed by atoms with Crippen molar-refractivity contribution in [3.63, 3.8) is 0 Å². The molecule has 0 aliphatic carbocycles. The number of fused-ring (bicyclic) bond motifs is 1. The molecular weight excluding hydrogens is 418 g/mol. The fourth-order valence-electron chi connectivity index (χ4n) is 3.85. The van der Waals surface area contributed by atoms with Crippen LogP contribution in [-0.4, -0.2) is 39.7 Å². The Morgan fingerprint density at radius 1 is 1.09 bits per heavy atom. The first-order valence-electron chi connectivity index (χ1n) is 10.7. The highest BCUT2D eigenvalue weighted by atomic mass is 16.5. The number of carbonyl (C=O) groups is 1. The number of rotatable bonds is 8. The SMILES string of the molecule is COc1ccc(-c2cc3nc(C)c(CCC(=O)NCc4ccccn4)c(C)n3n2)c(OC)c1. The Kier molecular flexibility index (Phi) is 6.53. The minimum atomic E-state index is -0.0244. The predicted octanol–water partition coefficient (Wildman–Crippen LogP) is 3.67. The number of nitrogens with one attached hydrogen (secondary N) is 1. The monoisotopic (exact) mass is 445 g/mol. The van der Waals surface area contributed by atoms with Crippen LogP contribution in [0.5, 0.6) is 11.5 Å². The van der Waals surface area contributed by atoms with Crippen LogP contribution >= 0.6 is 0 Å². The van der Waals surface area contributed by atoms with Gasteiger partial charge in [0.25, 0.3) is 0 Å². The molecule has 8 nitrogen and oxygen atoms in total. The average molecular weight is 446 g/mol.